The topological polar surface area (TPSA) is 73.3 Å². The van der Waals surface area contributed by atoms with E-state index in [9.17, 15) is 4.79 Å². The van der Waals surface area contributed by atoms with Crippen LogP contribution in [-0.4, -0.2) is 20.5 Å². The summed E-state index contributed by atoms with van der Waals surface area (Å²) in [5.41, 5.74) is 5.74. The fourth-order valence-electron chi connectivity index (χ4n) is 1.04. The van der Waals surface area contributed by atoms with Gasteiger partial charge in [0.15, 0.2) is 5.65 Å². The number of hydrogen-bond donors (Lipinski definition) is 1. The molecule has 0 unspecified atom stereocenters. The van der Waals surface area contributed by atoms with Gasteiger partial charge in [-0.25, -0.2) is 9.50 Å². The van der Waals surface area contributed by atoms with Crippen LogP contribution in [0.2, 0.25) is 5.15 Å². The van der Waals surface area contributed by atoms with Crippen LogP contribution in [-0.2, 0) is 0 Å². The monoisotopic (exact) mass is 196 g/mol. The first-order valence-corrected chi connectivity index (χ1v) is 3.86. The molecule has 1 amide bonds. The van der Waals surface area contributed by atoms with E-state index in [4.69, 9.17) is 17.3 Å². The second-order valence-electron chi connectivity index (χ2n) is 2.43. The normalized spacial score (nSPS) is 10.5. The SMILES string of the molecule is NC(=O)c1cnn2c(Cl)ccnc12. The van der Waals surface area contributed by atoms with Crippen molar-refractivity contribution in [3.63, 3.8) is 0 Å². The van der Waals surface area contributed by atoms with Gasteiger partial charge in [-0.05, 0) is 6.07 Å². The number of amides is 1. The van der Waals surface area contributed by atoms with Gasteiger partial charge in [0.05, 0.1) is 6.20 Å². The third-order valence-electron chi connectivity index (χ3n) is 1.62. The van der Waals surface area contributed by atoms with Crippen LogP contribution in [0, 0.1) is 0 Å². The Balaban J connectivity index is 2.83. The highest BCUT2D eigenvalue weighted by molar-refractivity contribution is 6.29. The van der Waals surface area contributed by atoms with Crippen molar-refractivity contribution in [2.24, 2.45) is 5.73 Å². The molecule has 0 atom stereocenters. The van der Waals surface area contributed by atoms with Gasteiger partial charge in [-0.1, -0.05) is 11.6 Å². The summed E-state index contributed by atoms with van der Waals surface area (Å²) in [6.07, 6.45) is 2.84. The number of aromatic nitrogens is 3. The first kappa shape index (κ1) is 8.00. The maximum Gasteiger partial charge on any atom is 0.254 e. The average molecular weight is 197 g/mol. The van der Waals surface area contributed by atoms with E-state index in [1.54, 1.807) is 6.07 Å². The maximum atomic E-state index is 10.9. The molecule has 5 nitrogen and oxygen atoms in total. The molecule has 2 N–H and O–H groups in total. The maximum absolute atomic E-state index is 10.9. The lowest BCUT2D eigenvalue weighted by Crippen LogP contribution is -2.10. The molecule has 13 heavy (non-hydrogen) atoms. The molecule has 0 saturated carbocycles. The standard InChI is InChI=1S/C7H5ClN4O/c8-5-1-2-10-7-4(6(9)13)3-11-12(5)7/h1-3H,(H2,9,13). The number of hydrogen-bond acceptors (Lipinski definition) is 3. The van der Waals surface area contributed by atoms with Crippen molar-refractivity contribution >= 4 is 23.2 Å². The molecule has 2 aromatic rings. The Bertz CT molecular complexity index is 478. The van der Waals surface area contributed by atoms with Gasteiger partial charge < -0.3 is 5.73 Å². The highest BCUT2D eigenvalue weighted by Crippen LogP contribution is 2.12. The van der Waals surface area contributed by atoms with Crippen molar-refractivity contribution in [2.75, 3.05) is 0 Å². The minimum Gasteiger partial charge on any atom is -0.365 e. The number of halogens is 1. The second-order valence-corrected chi connectivity index (χ2v) is 2.81. The third-order valence-corrected chi connectivity index (χ3v) is 1.91. The van der Waals surface area contributed by atoms with Crippen molar-refractivity contribution in [3.05, 3.63) is 29.2 Å². The Labute approximate surface area is 78.1 Å². The van der Waals surface area contributed by atoms with Gasteiger partial charge in [-0.2, -0.15) is 5.10 Å². The Morgan fingerprint density at radius 1 is 1.62 bits per heavy atom. The molecular weight excluding hydrogens is 192 g/mol. The molecule has 0 aliphatic carbocycles. The fraction of sp³-hybridized carbons (Fsp3) is 0. The van der Waals surface area contributed by atoms with Gasteiger partial charge in [-0.15, -0.1) is 0 Å². The Morgan fingerprint density at radius 2 is 2.38 bits per heavy atom. The molecule has 0 fully saturated rings. The van der Waals surface area contributed by atoms with E-state index < -0.39 is 5.91 Å². The summed E-state index contributed by atoms with van der Waals surface area (Å²) in [7, 11) is 0. The number of carbonyl (C=O) groups excluding carboxylic acids is 1. The number of fused-ring (bicyclic) bond motifs is 1. The van der Waals surface area contributed by atoms with Crippen LogP contribution < -0.4 is 5.73 Å². The zero-order valence-corrected chi connectivity index (χ0v) is 7.19. The van der Waals surface area contributed by atoms with E-state index in [2.05, 4.69) is 10.1 Å². The lowest BCUT2D eigenvalue weighted by Gasteiger charge is -1.94. The van der Waals surface area contributed by atoms with E-state index in [1.807, 2.05) is 0 Å². The van der Waals surface area contributed by atoms with E-state index in [0.29, 0.717) is 10.8 Å². The van der Waals surface area contributed by atoms with Crippen LogP contribution in [0.4, 0.5) is 0 Å². The summed E-state index contributed by atoms with van der Waals surface area (Å²) in [6.45, 7) is 0. The molecule has 2 heterocycles. The van der Waals surface area contributed by atoms with Crippen LogP contribution in [0.3, 0.4) is 0 Å². The minimum absolute atomic E-state index is 0.266. The summed E-state index contributed by atoms with van der Waals surface area (Å²) >= 11 is 5.78. The molecule has 0 saturated heterocycles. The van der Waals surface area contributed by atoms with Crippen LogP contribution in [0.1, 0.15) is 10.4 Å². The van der Waals surface area contributed by atoms with Gasteiger partial charge in [0.25, 0.3) is 5.91 Å². The number of nitrogens with zero attached hydrogens (tertiary/aromatic N) is 3. The van der Waals surface area contributed by atoms with E-state index >= 15 is 0 Å². The van der Waals surface area contributed by atoms with Gasteiger partial charge in [0, 0.05) is 6.20 Å². The Hall–Kier alpha value is -1.62. The lowest BCUT2D eigenvalue weighted by atomic mass is 10.3. The largest absolute Gasteiger partial charge is 0.365 e. The number of nitrogens with two attached hydrogens (primary N) is 1. The molecule has 0 radical (unpaired) electrons. The summed E-state index contributed by atoms with van der Waals surface area (Å²) in [5, 5.41) is 4.25. The Kier molecular flexibility index (Phi) is 1.66. The number of rotatable bonds is 1. The molecular formula is C7H5ClN4O. The van der Waals surface area contributed by atoms with Gasteiger partial charge in [0.1, 0.15) is 10.7 Å². The van der Waals surface area contributed by atoms with E-state index in [1.165, 1.54) is 16.9 Å². The van der Waals surface area contributed by atoms with Crippen LogP contribution >= 0.6 is 11.6 Å². The first-order chi connectivity index (χ1) is 6.20. The fourth-order valence-corrected chi connectivity index (χ4v) is 1.22. The van der Waals surface area contributed by atoms with Crippen LogP contribution in [0.15, 0.2) is 18.5 Å². The van der Waals surface area contributed by atoms with Crippen LogP contribution in [0.25, 0.3) is 5.65 Å². The predicted molar refractivity (Wildman–Crippen MR) is 46.5 cm³/mol. The zero-order valence-electron chi connectivity index (χ0n) is 6.44. The predicted octanol–water partition coefficient (Wildman–Crippen LogP) is 0.482. The highest BCUT2D eigenvalue weighted by Gasteiger charge is 2.11. The first-order valence-electron chi connectivity index (χ1n) is 3.48. The summed E-state index contributed by atoms with van der Waals surface area (Å²) in [4.78, 5) is 14.8. The quantitative estimate of drug-likeness (QED) is 0.675. The number of primary amides is 1. The molecule has 2 aromatic heterocycles. The van der Waals surface area contributed by atoms with Crippen molar-refractivity contribution < 1.29 is 4.79 Å². The summed E-state index contributed by atoms with van der Waals surface area (Å²) in [6, 6.07) is 1.58. The van der Waals surface area contributed by atoms with Crippen molar-refractivity contribution in [2.45, 2.75) is 0 Å². The molecule has 0 aromatic carbocycles. The molecule has 6 heteroatoms. The molecule has 0 aliphatic heterocycles. The Morgan fingerprint density at radius 3 is 3.08 bits per heavy atom. The molecule has 0 aliphatic rings. The molecule has 2 rings (SSSR count). The van der Waals surface area contributed by atoms with Crippen molar-refractivity contribution in [1.29, 1.82) is 0 Å². The third kappa shape index (κ3) is 1.13. The lowest BCUT2D eigenvalue weighted by molar-refractivity contribution is 0.100. The van der Waals surface area contributed by atoms with Crippen LogP contribution in [0.5, 0.6) is 0 Å². The van der Waals surface area contributed by atoms with Crippen molar-refractivity contribution in [3.8, 4) is 0 Å². The van der Waals surface area contributed by atoms with Crippen molar-refractivity contribution in [1.82, 2.24) is 14.6 Å². The smallest absolute Gasteiger partial charge is 0.254 e. The second kappa shape index (κ2) is 2.70. The minimum atomic E-state index is -0.565. The molecule has 0 bridgehead atoms. The zero-order chi connectivity index (χ0) is 9.42. The van der Waals surface area contributed by atoms with E-state index in [-0.39, 0.29) is 5.56 Å². The van der Waals surface area contributed by atoms with E-state index in [0.717, 1.165) is 0 Å². The summed E-state index contributed by atoms with van der Waals surface area (Å²) < 4.78 is 1.35. The number of carbonyl (C=O) groups is 1. The van der Waals surface area contributed by atoms with Gasteiger partial charge in [-0.3, -0.25) is 4.79 Å². The van der Waals surface area contributed by atoms with Gasteiger partial charge in [0.2, 0.25) is 0 Å². The molecule has 66 valence electrons. The average Bonchev–Trinajstić information content (AvgIpc) is 2.48. The molecule has 0 spiro atoms. The summed E-state index contributed by atoms with van der Waals surface area (Å²) in [5.74, 6) is -0.565. The van der Waals surface area contributed by atoms with Gasteiger partial charge >= 0.3 is 0 Å². The highest BCUT2D eigenvalue weighted by atomic mass is 35.5.